The van der Waals surface area contributed by atoms with Gasteiger partial charge in [-0.15, -0.1) is 0 Å². The largest absolute Gasteiger partial charge is 0.486 e. The first kappa shape index (κ1) is 17.4. The van der Waals surface area contributed by atoms with E-state index in [0.29, 0.717) is 13.2 Å². The smallest absolute Gasteiger partial charge is 0.163 e. The van der Waals surface area contributed by atoms with Gasteiger partial charge in [-0.1, -0.05) is 49.6 Å². The number of hydrogen-bond acceptors (Lipinski definition) is 6. The van der Waals surface area contributed by atoms with Crippen LogP contribution in [0, 0.1) is 0 Å². The number of benzene rings is 2. The van der Waals surface area contributed by atoms with Gasteiger partial charge >= 0.3 is 0 Å². The Bertz CT molecular complexity index is 876. The maximum atomic E-state index is 5.76. The molecule has 1 fully saturated rings. The van der Waals surface area contributed by atoms with E-state index in [9.17, 15) is 0 Å². The van der Waals surface area contributed by atoms with Crippen molar-refractivity contribution in [3.05, 3.63) is 48.0 Å². The normalized spacial score (nSPS) is 19.4. The van der Waals surface area contributed by atoms with Crippen molar-refractivity contribution in [2.24, 2.45) is 4.99 Å². The van der Waals surface area contributed by atoms with Crippen LogP contribution in [-0.2, 0) is 6.54 Å². The summed E-state index contributed by atoms with van der Waals surface area (Å²) in [4.78, 5) is 5.01. The SMILES string of the molecule is c1ccc(CNNC2=Nc3cc4c(cc3NC23CCCCC3)OCCO4)cc1. The van der Waals surface area contributed by atoms with E-state index in [2.05, 4.69) is 40.4 Å². The molecule has 2 heterocycles. The van der Waals surface area contributed by atoms with Crippen LogP contribution in [0.3, 0.4) is 0 Å². The molecule has 0 radical (unpaired) electrons. The van der Waals surface area contributed by atoms with E-state index in [1.54, 1.807) is 0 Å². The Morgan fingerprint density at radius 3 is 2.50 bits per heavy atom. The predicted octanol–water partition coefficient (Wildman–Crippen LogP) is 3.91. The summed E-state index contributed by atoms with van der Waals surface area (Å²) in [5.41, 5.74) is 9.78. The molecule has 1 spiro atoms. The highest BCUT2D eigenvalue weighted by atomic mass is 16.6. The number of anilines is 1. The number of aliphatic imine (C=N–C) groups is 1. The molecule has 2 aliphatic heterocycles. The minimum Gasteiger partial charge on any atom is -0.486 e. The van der Waals surface area contributed by atoms with E-state index in [1.165, 1.54) is 24.8 Å². The van der Waals surface area contributed by atoms with Gasteiger partial charge in [0.25, 0.3) is 0 Å². The standard InChI is InChI=1S/C22H26N4O2/c1-3-7-16(8-4-1)15-23-26-21-22(9-5-2-6-10-22)25-18-14-20-19(13-17(18)24-21)27-11-12-28-20/h1,3-4,7-8,13-14,23,25H,2,5-6,9-12,15H2,(H,24,26). The maximum Gasteiger partial charge on any atom is 0.163 e. The lowest BCUT2D eigenvalue weighted by Gasteiger charge is -2.42. The molecule has 1 aliphatic carbocycles. The first-order valence-corrected chi connectivity index (χ1v) is 10.2. The van der Waals surface area contributed by atoms with Gasteiger partial charge in [-0.25, -0.2) is 10.4 Å². The second-order valence-electron chi connectivity index (χ2n) is 7.71. The fourth-order valence-corrected chi connectivity index (χ4v) is 4.31. The third-order valence-electron chi connectivity index (χ3n) is 5.77. The Kier molecular flexibility index (Phi) is 4.56. The van der Waals surface area contributed by atoms with E-state index >= 15 is 0 Å². The molecular weight excluding hydrogens is 352 g/mol. The molecule has 146 valence electrons. The molecule has 0 amide bonds. The average molecular weight is 378 g/mol. The first-order valence-electron chi connectivity index (χ1n) is 10.2. The van der Waals surface area contributed by atoms with Crippen molar-refractivity contribution in [2.45, 2.75) is 44.2 Å². The molecule has 0 unspecified atom stereocenters. The highest BCUT2D eigenvalue weighted by molar-refractivity contribution is 6.00. The Hall–Kier alpha value is -2.73. The molecule has 3 N–H and O–H groups in total. The fraction of sp³-hybridized carbons (Fsp3) is 0.409. The van der Waals surface area contributed by atoms with Crippen LogP contribution in [0.25, 0.3) is 0 Å². The molecule has 0 bridgehead atoms. The quantitative estimate of drug-likeness (QED) is 0.707. The fourth-order valence-electron chi connectivity index (χ4n) is 4.31. The Balaban J connectivity index is 1.42. The average Bonchev–Trinajstić information content (AvgIpc) is 2.74. The van der Waals surface area contributed by atoms with E-state index in [4.69, 9.17) is 14.5 Å². The molecule has 0 aromatic heterocycles. The molecular formula is C22H26N4O2. The summed E-state index contributed by atoms with van der Waals surface area (Å²) in [7, 11) is 0. The molecule has 1 saturated carbocycles. The molecule has 0 saturated heterocycles. The number of nitrogens with one attached hydrogen (secondary N) is 3. The van der Waals surface area contributed by atoms with Crippen LogP contribution in [0.4, 0.5) is 11.4 Å². The van der Waals surface area contributed by atoms with Gasteiger partial charge in [-0.2, -0.15) is 0 Å². The lowest BCUT2D eigenvalue weighted by molar-refractivity contribution is 0.171. The zero-order valence-corrected chi connectivity index (χ0v) is 16.0. The van der Waals surface area contributed by atoms with Crippen LogP contribution in [-0.4, -0.2) is 24.6 Å². The maximum absolute atomic E-state index is 5.76. The topological polar surface area (TPSA) is 66.9 Å². The van der Waals surface area contributed by atoms with Gasteiger partial charge < -0.3 is 20.2 Å². The Labute approximate surface area is 165 Å². The summed E-state index contributed by atoms with van der Waals surface area (Å²) in [6.45, 7) is 1.91. The first-order chi connectivity index (χ1) is 13.8. The Morgan fingerprint density at radius 1 is 0.964 bits per heavy atom. The molecule has 0 atom stereocenters. The van der Waals surface area contributed by atoms with Gasteiger partial charge in [0.15, 0.2) is 11.5 Å². The molecule has 2 aromatic rings. The summed E-state index contributed by atoms with van der Waals surface area (Å²) >= 11 is 0. The van der Waals surface area contributed by atoms with Crippen LogP contribution in [0.5, 0.6) is 11.5 Å². The molecule has 5 rings (SSSR count). The van der Waals surface area contributed by atoms with Gasteiger partial charge in [0.2, 0.25) is 0 Å². The predicted molar refractivity (Wildman–Crippen MR) is 110 cm³/mol. The second-order valence-corrected chi connectivity index (χ2v) is 7.71. The summed E-state index contributed by atoms with van der Waals surface area (Å²) in [5, 5.41) is 3.79. The number of amidine groups is 1. The van der Waals surface area contributed by atoms with Gasteiger partial charge in [-0.3, -0.25) is 0 Å². The minimum absolute atomic E-state index is 0.154. The number of hydrogen-bond donors (Lipinski definition) is 3. The van der Waals surface area contributed by atoms with Crippen LogP contribution in [0.15, 0.2) is 47.5 Å². The molecule has 3 aliphatic rings. The van der Waals surface area contributed by atoms with Gasteiger partial charge in [0.1, 0.15) is 19.0 Å². The lowest BCUT2D eigenvalue weighted by Crippen LogP contribution is -2.57. The second kappa shape index (κ2) is 7.36. The summed E-state index contributed by atoms with van der Waals surface area (Å²) < 4.78 is 11.5. The molecule has 2 aromatic carbocycles. The van der Waals surface area contributed by atoms with Crippen molar-refractivity contribution in [1.82, 2.24) is 10.9 Å². The van der Waals surface area contributed by atoms with Crippen molar-refractivity contribution < 1.29 is 9.47 Å². The van der Waals surface area contributed by atoms with Gasteiger partial charge in [0.05, 0.1) is 16.9 Å². The zero-order valence-electron chi connectivity index (χ0n) is 16.0. The van der Waals surface area contributed by atoms with E-state index in [1.807, 2.05) is 18.2 Å². The van der Waals surface area contributed by atoms with Gasteiger partial charge in [0, 0.05) is 18.7 Å². The molecule has 6 nitrogen and oxygen atoms in total. The number of rotatable bonds is 3. The van der Waals surface area contributed by atoms with Crippen LogP contribution in [0.2, 0.25) is 0 Å². The Morgan fingerprint density at radius 2 is 1.71 bits per heavy atom. The number of hydrazine groups is 1. The van der Waals surface area contributed by atoms with Gasteiger partial charge in [-0.05, 0) is 18.4 Å². The van der Waals surface area contributed by atoms with Crippen molar-refractivity contribution >= 4 is 17.2 Å². The van der Waals surface area contributed by atoms with Crippen LogP contribution >= 0.6 is 0 Å². The third kappa shape index (κ3) is 3.29. The number of fused-ring (bicyclic) bond motifs is 2. The summed E-state index contributed by atoms with van der Waals surface area (Å²) in [6, 6.07) is 14.4. The minimum atomic E-state index is -0.154. The van der Waals surface area contributed by atoms with Crippen molar-refractivity contribution in [1.29, 1.82) is 0 Å². The van der Waals surface area contributed by atoms with Crippen molar-refractivity contribution in [3.63, 3.8) is 0 Å². The van der Waals surface area contributed by atoms with E-state index in [-0.39, 0.29) is 5.54 Å². The lowest BCUT2D eigenvalue weighted by atomic mass is 9.79. The van der Waals surface area contributed by atoms with E-state index < -0.39 is 0 Å². The molecule has 28 heavy (non-hydrogen) atoms. The van der Waals surface area contributed by atoms with E-state index in [0.717, 1.165) is 48.1 Å². The zero-order chi connectivity index (χ0) is 18.8. The van der Waals surface area contributed by atoms with Crippen molar-refractivity contribution in [3.8, 4) is 11.5 Å². The summed E-state index contributed by atoms with van der Waals surface area (Å²) in [6.07, 6.45) is 5.82. The van der Waals surface area contributed by atoms with Crippen LogP contribution in [0.1, 0.15) is 37.7 Å². The third-order valence-corrected chi connectivity index (χ3v) is 5.77. The highest BCUT2D eigenvalue weighted by Gasteiger charge is 2.40. The number of ether oxygens (including phenoxy) is 2. The monoisotopic (exact) mass is 378 g/mol. The summed E-state index contributed by atoms with van der Waals surface area (Å²) in [5.74, 6) is 2.54. The van der Waals surface area contributed by atoms with Crippen LogP contribution < -0.4 is 25.6 Å². The molecule has 6 heteroatoms. The van der Waals surface area contributed by atoms with Crippen molar-refractivity contribution in [2.75, 3.05) is 18.5 Å². The number of nitrogens with zero attached hydrogens (tertiary/aromatic N) is 1. The highest BCUT2D eigenvalue weighted by Crippen LogP contribution is 2.45.